The first-order valence-corrected chi connectivity index (χ1v) is 9.80. The molecule has 0 saturated carbocycles. The first-order chi connectivity index (χ1) is 14.0. The van der Waals surface area contributed by atoms with Gasteiger partial charge in [-0.3, -0.25) is 9.59 Å². The third-order valence-corrected chi connectivity index (χ3v) is 5.14. The zero-order valence-electron chi connectivity index (χ0n) is 17.3. The Morgan fingerprint density at radius 1 is 1.03 bits per heavy atom. The van der Waals surface area contributed by atoms with Crippen molar-refractivity contribution >= 4 is 23.2 Å². The Kier molecular flexibility index (Phi) is 6.72. The van der Waals surface area contributed by atoms with Crippen LogP contribution in [0.3, 0.4) is 0 Å². The van der Waals surface area contributed by atoms with E-state index >= 15 is 0 Å². The second kappa shape index (κ2) is 9.43. The Morgan fingerprint density at radius 3 is 2.21 bits per heavy atom. The van der Waals surface area contributed by atoms with Crippen LogP contribution in [-0.4, -0.2) is 70.6 Å². The van der Waals surface area contributed by atoms with Crippen LogP contribution in [0.25, 0.3) is 0 Å². The number of ether oxygens (including phenoxy) is 1. The molecule has 0 bridgehead atoms. The van der Waals surface area contributed by atoms with Crippen LogP contribution in [-0.2, 0) is 4.79 Å². The van der Waals surface area contributed by atoms with Gasteiger partial charge in [0.1, 0.15) is 5.75 Å². The maximum absolute atomic E-state index is 12.4. The largest absolute Gasteiger partial charge is 0.497 e. The molecule has 0 radical (unpaired) electrons. The van der Waals surface area contributed by atoms with Crippen LogP contribution in [0.15, 0.2) is 48.5 Å². The molecule has 2 amide bonds. The van der Waals surface area contributed by atoms with Gasteiger partial charge in [-0.05, 0) is 48.5 Å². The number of anilines is 2. The van der Waals surface area contributed by atoms with E-state index in [1.165, 1.54) is 15.5 Å². The van der Waals surface area contributed by atoms with Gasteiger partial charge in [-0.25, -0.2) is 0 Å². The Labute approximate surface area is 171 Å². The summed E-state index contributed by atoms with van der Waals surface area (Å²) < 4.78 is 5.21. The fraction of sp³-hybridized carbons (Fsp3) is 0.364. The summed E-state index contributed by atoms with van der Waals surface area (Å²) in [6.45, 7) is 4.09. The van der Waals surface area contributed by atoms with Crippen molar-refractivity contribution in [2.75, 3.05) is 64.1 Å². The van der Waals surface area contributed by atoms with Gasteiger partial charge in [0, 0.05) is 31.0 Å². The van der Waals surface area contributed by atoms with Crippen LogP contribution in [0.5, 0.6) is 5.75 Å². The first kappa shape index (κ1) is 20.7. The van der Waals surface area contributed by atoms with Gasteiger partial charge in [0.25, 0.3) is 11.8 Å². The maximum Gasteiger partial charge on any atom is 0.279 e. The molecule has 29 heavy (non-hydrogen) atoms. The second-order valence-corrected chi connectivity index (χ2v) is 7.44. The standard InChI is InChI=1S/C22H28N4O3/c1-24(2)22(28)17-4-6-18(7-5-17)23-21(27)16-25-12-14-26(15-13-25)19-8-10-20(29-3)11-9-19/h4-11H,12-16H2,1-3H3,(H,23,27)/p+1. The van der Waals surface area contributed by atoms with Crippen molar-refractivity contribution in [2.45, 2.75) is 0 Å². The van der Waals surface area contributed by atoms with Crippen molar-refractivity contribution in [2.24, 2.45) is 0 Å². The zero-order chi connectivity index (χ0) is 20.8. The minimum Gasteiger partial charge on any atom is -0.497 e. The van der Waals surface area contributed by atoms with Gasteiger partial charge in [0.15, 0.2) is 6.54 Å². The van der Waals surface area contributed by atoms with E-state index in [4.69, 9.17) is 4.74 Å². The van der Waals surface area contributed by atoms with Gasteiger partial charge in [-0.15, -0.1) is 0 Å². The van der Waals surface area contributed by atoms with E-state index in [2.05, 4.69) is 22.3 Å². The summed E-state index contributed by atoms with van der Waals surface area (Å²) in [4.78, 5) is 29.5. The van der Waals surface area contributed by atoms with Crippen LogP contribution in [0, 0.1) is 0 Å². The molecule has 7 heteroatoms. The van der Waals surface area contributed by atoms with Crippen molar-refractivity contribution in [3.63, 3.8) is 0 Å². The van der Waals surface area contributed by atoms with Crippen molar-refractivity contribution in [3.8, 4) is 5.75 Å². The molecule has 0 aliphatic carbocycles. The lowest BCUT2D eigenvalue weighted by molar-refractivity contribution is -0.892. The number of quaternary nitrogens is 1. The fourth-order valence-corrected chi connectivity index (χ4v) is 3.44. The Hall–Kier alpha value is -3.06. The molecule has 154 valence electrons. The quantitative estimate of drug-likeness (QED) is 0.755. The van der Waals surface area contributed by atoms with Gasteiger partial charge in [-0.2, -0.15) is 0 Å². The average molecular weight is 397 g/mol. The molecular formula is C22H29N4O3+. The molecule has 1 aliphatic heterocycles. The normalized spacial score (nSPS) is 14.4. The summed E-state index contributed by atoms with van der Waals surface area (Å²) >= 11 is 0. The monoisotopic (exact) mass is 397 g/mol. The van der Waals surface area contributed by atoms with Gasteiger partial charge in [0.2, 0.25) is 0 Å². The van der Waals surface area contributed by atoms with E-state index in [1.54, 1.807) is 45.5 Å². The van der Waals surface area contributed by atoms with E-state index in [9.17, 15) is 9.59 Å². The predicted octanol–water partition coefficient (Wildman–Crippen LogP) is 0.741. The van der Waals surface area contributed by atoms with Crippen LogP contribution in [0.2, 0.25) is 0 Å². The highest BCUT2D eigenvalue weighted by atomic mass is 16.5. The van der Waals surface area contributed by atoms with E-state index in [1.807, 2.05) is 12.1 Å². The Bertz CT molecular complexity index is 826. The molecule has 0 spiro atoms. The third kappa shape index (κ3) is 5.48. The van der Waals surface area contributed by atoms with E-state index in [0.717, 1.165) is 31.9 Å². The number of carbonyl (C=O) groups is 2. The molecule has 7 nitrogen and oxygen atoms in total. The molecule has 3 rings (SSSR count). The Morgan fingerprint density at radius 2 is 1.66 bits per heavy atom. The number of piperazine rings is 1. The number of hydrogen-bond donors (Lipinski definition) is 2. The molecule has 1 fully saturated rings. The fourth-order valence-electron chi connectivity index (χ4n) is 3.44. The number of benzene rings is 2. The van der Waals surface area contributed by atoms with Crippen molar-refractivity contribution in [1.29, 1.82) is 0 Å². The SMILES string of the molecule is COc1ccc(N2CC[NH+](CC(=O)Nc3ccc(C(=O)N(C)C)cc3)CC2)cc1. The highest BCUT2D eigenvalue weighted by Crippen LogP contribution is 2.19. The number of nitrogens with zero attached hydrogens (tertiary/aromatic N) is 2. The second-order valence-electron chi connectivity index (χ2n) is 7.44. The summed E-state index contributed by atoms with van der Waals surface area (Å²) in [5.41, 5.74) is 2.50. The van der Waals surface area contributed by atoms with Crippen molar-refractivity contribution in [1.82, 2.24) is 4.90 Å². The molecule has 1 heterocycles. The predicted molar refractivity (Wildman–Crippen MR) is 114 cm³/mol. The van der Waals surface area contributed by atoms with Gasteiger partial charge in [0.05, 0.1) is 33.3 Å². The molecule has 1 saturated heterocycles. The first-order valence-electron chi connectivity index (χ1n) is 9.80. The molecule has 0 atom stereocenters. The molecule has 2 N–H and O–H groups in total. The number of methoxy groups -OCH3 is 1. The lowest BCUT2D eigenvalue weighted by Gasteiger charge is -2.33. The number of rotatable bonds is 6. The lowest BCUT2D eigenvalue weighted by Crippen LogP contribution is -3.15. The molecular weight excluding hydrogens is 368 g/mol. The van der Waals surface area contributed by atoms with E-state index < -0.39 is 0 Å². The third-order valence-electron chi connectivity index (χ3n) is 5.14. The summed E-state index contributed by atoms with van der Waals surface area (Å²) in [6.07, 6.45) is 0. The number of hydrogen-bond acceptors (Lipinski definition) is 4. The number of amides is 2. The minimum absolute atomic E-state index is 0.00964. The van der Waals surface area contributed by atoms with Crippen molar-refractivity contribution < 1.29 is 19.2 Å². The minimum atomic E-state index is -0.0537. The number of nitrogens with one attached hydrogen (secondary N) is 2. The van der Waals surface area contributed by atoms with Crippen LogP contribution in [0.1, 0.15) is 10.4 Å². The van der Waals surface area contributed by atoms with Crippen LogP contribution < -0.4 is 19.9 Å². The molecule has 2 aromatic rings. The maximum atomic E-state index is 12.4. The van der Waals surface area contributed by atoms with E-state index in [-0.39, 0.29) is 11.8 Å². The number of carbonyl (C=O) groups excluding carboxylic acids is 2. The van der Waals surface area contributed by atoms with Gasteiger partial charge >= 0.3 is 0 Å². The summed E-state index contributed by atoms with van der Waals surface area (Å²) in [7, 11) is 5.10. The molecule has 1 aliphatic rings. The Balaban J connectivity index is 1.46. The zero-order valence-corrected chi connectivity index (χ0v) is 17.3. The topological polar surface area (TPSA) is 66.3 Å². The summed E-state index contributed by atoms with van der Waals surface area (Å²) in [5, 5.41) is 2.93. The highest BCUT2D eigenvalue weighted by molar-refractivity contribution is 5.95. The average Bonchev–Trinajstić information content (AvgIpc) is 2.74. The molecule has 0 aromatic heterocycles. The molecule has 0 unspecified atom stereocenters. The highest BCUT2D eigenvalue weighted by Gasteiger charge is 2.22. The molecule has 2 aromatic carbocycles. The van der Waals surface area contributed by atoms with E-state index in [0.29, 0.717) is 17.8 Å². The van der Waals surface area contributed by atoms with Crippen molar-refractivity contribution in [3.05, 3.63) is 54.1 Å². The van der Waals surface area contributed by atoms with Gasteiger partial charge < -0.3 is 24.8 Å². The van der Waals surface area contributed by atoms with Crippen LogP contribution >= 0.6 is 0 Å². The smallest absolute Gasteiger partial charge is 0.279 e. The van der Waals surface area contributed by atoms with Crippen LogP contribution in [0.4, 0.5) is 11.4 Å². The van der Waals surface area contributed by atoms with Gasteiger partial charge in [-0.1, -0.05) is 0 Å². The summed E-state index contributed by atoms with van der Waals surface area (Å²) in [6, 6.07) is 15.1. The lowest BCUT2D eigenvalue weighted by atomic mass is 10.2. The summed E-state index contributed by atoms with van der Waals surface area (Å²) in [5.74, 6) is 0.792.